The van der Waals surface area contributed by atoms with Gasteiger partial charge in [-0.3, -0.25) is 9.59 Å². The van der Waals surface area contributed by atoms with E-state index in [1.54, 1.807) is 37.3 Å². The molecule has 0 aliphatic rings. The summed E-state index contributed by atoms with van der Waals surface area (Å²) in [6.45, 7) is 3.15. The number of ether oxygens (including phenoxy) is 2. The molecule has 0 unspecified atom stereocenters. The summed E-state index contributed by atoms with van der Waals surface area (Å²) >= 11 is 0. The van der Waals surface area contributed by atoms with Crippen LogP contribution >= 0.6 is 0 Å². The highest BCUT2D eigenvalue weighted by molar-refractivity contribution is 6.03. The Balaban J connectivity index is 1.58. The number of esters is 2. The van der Waals surface area contributed by atoms with Crippen LogP contribution in [0.15, 0.2) is 72.8 Å². The summed E-state index contributed by atoms with van der Waals surface area (Å²) in [7, 11) is 0. The summed E-state index contributed by atoms with van der Waals surface area (Å²) in [5.41, 5.74) is 2.23. The number of carbonyl (C=O) groups excluding carboxylic acids is 4. The number of anilines is 1. The molecule has 0 aromatic heterocycles. The van der Waals surface area contributed by atoms with Gasteiger partial charge in [-0.25, -0.2) is 9.59 Å². The molecule has 3 aromatic rings. The first-order valence-corrected chi connectivity index (χ1v) is 10.4. The van der Waals surface area contributed by atoms with Gasteiger partial charge in [-0.05, 0) is 55.5 Å². The van der Waals surface area contributed by atoms with Crippen LogP contribution in [0.1, 0.15) is 50.0 Å². The lowest BCUT2D eigenvalue weighted by Crippen LogP contribution is -2.17. The van der Waals surface area contributed by atoms with Crippen molar-refractivity contribution in [2.45, 2.75) is 20.3 Å². The maximum atomic E-state index is 12.4. The van der Waals surface area contributed by atoms with E-state index >= 15 is 0 Å². The zero-order chi connectivity index (χ0) is 23.8. The SMILES string of the molecule is CCC(=O)Nc1ccccc1C(=O)OCC(=O)c1ccc(OC(=O)c2ccc(C)cc2)cc1. The van der Waals surface area contributed by atoms with Crippen LogP contribution in [0.3, 0.4) is 0 Å². The number of rotatable bonds is 8. The van der Waals surface area contributed by atoms with E-state index in [2.05, 4.69) is 5.32 Å². The topological polar surface area (TPSA) is 98.8 Å². The molecule has 1 N–H and O–H groups in total. The normalized spacial score (nSPS) is 10.2. The summed E-state index contributed by atoms with van der Waals surface area (Å²) in [6.07, 6.45) is 0.262. The van der Waals surface area contributed by atoms with Crippen LogP contribution in [-0.2, 0) is 9.53 Å². The Labute approximate surface area is 191 Å². The van der Waals surface area contributed by atoms with Crippen LogP contribution in [0.5, 0.6) is 5.75 Å². The third kappa shape index (κ3) is 6.36. The number of Topliss-reactive ketones (excluding diaryl/α,β-unsaturated/α-hetero) is 1. The molecular formula is C26H23NO6. The summed E-state index contributed by atoms with van der Waals surface area (Å²) in [6, 6.07) is 19.4. The monoisotopic (exact) mass is 445 g/mol. The van der Waals surface area contributed by atoms with Gasteiger partial charge in [0.1, 0.15) is 5.75 Å². The Kier molecular flexibility index (Phi) is 7.70. The average Bonchev–Trinajstić information content (AvgIpc) is 2.83. The standard InChI is InChI=1S/C26H23NO6/c1-3-24(29)27-22-7-5-4-6-21(22)26(31)32-16-23(28)18-12-14-20(15-13-18)33-25(30)19-10-8-17(2)9-11-19/h4-15H,3,16H2,1-2H3,(H,27,29). The molecule has 0 saturated heterocycles. The second-order valence-electron chi connectivity index (χ2n) is 7.23. The lowest BCUT2D eigenvalue weighted by molar-refractivity contribution is -0.115. The molecule has 7 heteroatoms. The van der Waals surface area contributed by atoms with Crippen molar-refractivity contribution < 1.29 is 28.7 Å². The van der Waals surface area contributed by atoms with Crippen LogP contribution in [-0.4, -0.2) is 30.2 Å². The average molecular weight is 445 g/mol. The van der Waals surface area contributed by atoms with E-state index in [-0.39, 0.29) is 23.6 Å². The van der Waals surface area contributed by atoms with Crippen LogP contribution in [0, 0.1) is 6.92 Å². The molecule has 0 bridgehead atoms. The Bertz CT molecular complexity index is 1170. The number of amides is 1. The summed E-state index contributed by atoms with van der Waals surface area (Å²) < 4.78 is 10.5. The van der Waals surface area contributed by atoms with Crippen LogP contribution < -0.4 is 10.1 Å². The van der Waals surface area contributed by atoms with Gasteiger partial charge < -0.3 is 14.8 Å². The number of benzene rings is 3. The van der Waals surface area contributed by atoms with Crippen molar-refractivity contribution in [3.05, 3.63) is 95.1 Å². The highest BCUT2D eigenvalue weighted by Crippen LogP contribution is 2.18. The fraction of sp³-hybridized carbons (Fsp3) is 0.154. The second-order valence-corrected chi connectivity index (χ2v) is 7.23. The van der Waals surface area contributed by atoms with Gasteiger partial charge in [0.25, 0.3) is 0 Å². The van der Waals surface area contributed by atoms with Gasteiger partial charge in [0.15, 0.2) is 12.4 Å². The molecule has 0 aliphatic heterocycles. The maximum Gasteiger partial charge on any atom is 0.343 e. The zero-order valence-electron chi connectivity index (χ0n) is 18.3. The molecule has 33 heavy (non-hydrogen) atoms. The van der Waals surface area contributed by atoms with Gasteiger partial charge in [-0.1, -0.05) is 36.8 Å². The van der Waals surface area contributed by atoms with Crippen molar-refractivity contribution in [1.29, 1.82) is 0 Å². The zero-order valence-corrected chi connectivity index (χ0v) is 18.3. The van der Waals surface area contributed by atoms with Crippen molar-refractivity contribution >= 4 is 29.3 Å². The molecule has 0 spiro atoms. The number of carbonyl (C=O) groups is 4. The molecule has 0 aliphatic carbocycles. The van der Waals surface area contributed by atoms with Crippen LogP contribution in [0.25, 0.3) is 0 Å². The smallest absolute Gasteiger partial charge is 0.343 e. The molecule has 0 radical (unpaired) electrons. The van der Waals surface area contributed by atoms with Crippen LogP contribution in [0.4, 0.5) is 5.69 Å². The Morgan fingerprint density at radius 3 is 2.09 bits per heavy atom. The van der Waals surface area contributed by atoms with Gasteiger partial charge >= 0.3 is 11.9 Å². The van der Waals surface area contributed by atoms with Gasteiger partial charge in [0.2, 0.25) is 5.91 Å². The molecule has 3 aromatic carbocycles. The lowest BCUT2D eigenvalue weighted by Gasteiger charge is -2.10. The van der Waals surface area contributed by atoms with E-state index < -0.39 is 24.3 Å². The number of hydrogen-bond donors (Lipinski definition) is 1. The minimum absolute atomic E-state index is 0.158. The van der Waals surface area contributed by atoms with E-state index in [1.165, 1.54) is 30.3 Å². The second kappa shape index (κ2) is 10.9. The Morgan fingerprint density at radius 1 is 0.788 bits per heavy atom. The Hall–Kier alpha value is -4.26. The third-order valence-electron chi connectivity index (χ3n) is 4.75. The fourth-order valence-corrected chi connectivity index (χ4v) is 2.87. The van der Waals surface area contributed by atoms with Crippen LogP contribution in [0.2, 0.25) is 0 Å². The lowest BCUT2D eigenvalue weighted by atomic mass is 10.1. The molecule has 1 amide bonds. The van der Waals surface area contributed by atoms with E-state index in [4.69, 9.17) is 9.47 Å². The number of hydrogen-bond acceptors (Lipinski definition) is 6. The van der Waals surface area contributed by atoms with Crippen molar-refractivity contribution in [3.63, 3.8) is 0 Å². The predicted octanol–water partition coefficient (Wildman–Crippen LogP) is 4.60. The molecule has 168 valence electrons. The number of aryl methyl sites for hydroxylation is 1. The van der Waals surface area contributed by atoms with Crippen molar-refractivity contribution in [3.8, 4) is 5.75 Å². The van der Waals surface area contributed by atoms with E-state index in [9.17, 15) is 19.2 Å². The largest absolute Gasteiger partial charge is 0.454 e. The molecule has 0 atom stereocenters. The molecular weight excluding hydrogens is 422 g/mol. The van der Waals surface area contributed by atoms with Crippen molar-refractivity contribution in [2.75, 3.05) is 11.9 Å². The summed E-state index contributed by atoms with van der Waals surface area (Å²) in [5.74, 6) is -1.60. The molecule has 0 fully saturated rings. The van der Waals surface area contributed by atoms with Crippen molar-refractivity contribution in [2.24, 2.45) is 0 Å². The van der Waals surface area contributed by atoms with E-state index in [1.807, 2.05) is 19.1 Å². The van der Waals surface area contributed by atoms with E-state index in [0.29, 0.717) is 16.8 Å². The summed E-state index contributed by atoms with van der Waals surface area (Å²) in [4.78, 5) is 48.7. The molecule has 0 heterocycles. The number of ketones is 1. The highest BCUT2D eigenvalue weighted by Gasteiger charge is 2.16. The van der Waals surface area contributed by atoms with Gasteiger partial charge in [-0.2, -0.15) is 0 Å². The van der Waals surface area contributed by atoms with Gasteiger partial charge in [0.05, 0.1) is 16.8 Å². The minimum Gasteiger partial charge on any atom is -0.454 e. The first kappa shape index (κ1) is 23.4. The Morgan fingerprint density at radius 2 is 1.42 bits per heavy atom. The summed E-state index contributed by atoms with van der Waals surface area (Å²) in [5, 5.41) is 2.63. The van der Waals surface area contributed by atoms with Gasteiger partial charge in [0, 0.05) is 12.0 Å². The predicted molar refractivity (Wildman–Crippen MR) is 123 cm³/mol. The maximum absolute atomic E-state index is 12.4. The first-order valence-electron chi connectivity index (χ1n) is 10.4. The number of para-hydroxylation sites is 1. The first-order chi connectivity index (χ1) is 15.9. The molecule has 3 rings (SSSR count). The highest BCUT2D eigenvalue weighted by atomic mass is 16.5. The number of nitrogens with one attached hydrogen (secondary N) is 1. The van der Waals surface area contributed by atoms with Crippen molar-refractivity contribution in [1.82, 2.24) is 0 Å². The van der Waals surface area contributed by atoms with E-state index in [0.717, 1.165) is 5.56 Å². The fourth-order valence-electron chi connectivity index (χ4n) is 2.87. The van der Waals surface area contributed by atoms with Gasteiger partial charge in [-0.15, -0.1) is 0 Å². The quantitative estimate of drug-likeness (QED) is 0.309. The third-order valence-corrected chi connectivity index (χ3v) is 4.75. The molecule has 7 nitrogen and oxygen atoms in total. The molecule has 0 saturated carbocycles. The minimum atomic E-state index is -0.723.